The van der Waals surface area contributed by atoms with Crippen LogP contribution in [0.25, 0.3) is 0 Å². The Morgan fingerprint density at radius 3 is 1.39 bits per heavy atom. The number of ether oxygens (including phenoxy) is 2. The predicted octanol–water partition coefficient (Wildman–Crippen LogP) is 10.9. The lowest BCUT2D eigenvalue weighted by atomic mass is 10.2. The molecule has 0 heterocycles. The molecule has 0 saturated heterocycles. The fraction of sp³-hybridized carbons (Fsp3) is 0.561. The van der Waals surface area contributed by atoms with Gasteiger partial charge in [-0.3, -0.25) is 9.59 Å². The summed E-state index contributed by atoms with van der Waals surface area (Å²) in [6.45, 7) is 3.88. The maximum Gasteiger partial charge on any atom is 0.306 e. The first kappa shape index (κ1) is 42.8. The molecule has 0 rings (SSSR count). The zero-order valence-corrected chi connectivity index (χ0v) is 29.0. The molecular formula is C41H64O5. The zero-order chi connectivity index (χ0) is 33.6. The van der Waals surface area contributed by atoms with Gasteiger partial charge >= 0.3 is 11.9 Å². The first-order valence-electron chi connectivity index (χ1n) is 17.8. The SMILES string of the molecule is CC/C=C\C/C=C\C/C=C\C/C=C\CCCCC(=O)OC[C@H](CO)OC(=O)CCC/C=C\C/C=C\C/C=C\C/C=C\CCCCC. The predicted molar refractivity (Wildman–Crippen MR) is 195 cm³/mol. The van der Waals surface area contributed by atoms with Gasteiger partial charge < -0.3 is 14.6 Å². The molecule has 1 atom stereocenters. The number of hydrogen-bond acceptors (Lipinski definition) is 5. The van der Waals surface area contributed by atoms with Crippen molar-refractivity contribution >= 4 is 11.9 Å². The number of unbranched alkanes of at least 4 members (excludes halogenated alkanes) is 6. The number of aliphatic hydroxyl groups is 1. The van der Waals surface area contributed by atoms with Crippen LogP contribution in [0.1, 0.15) is 129 Å². The summed E-state index contributed by atoms with van der Waals surface area (Å²) in [5, 5.41) is 9.51. The van der Waals surface area contributed by atoms with Crippen LogP contribution in [-0.4, -0.2) is 36.4 Å². The number of rotatable bonds is 30. The summed E-state index contributed by atoms with van der Waals surface area (Å²) < 4.78 is 10.5. The molecule has 0 aliphatic carbocycles. The second kappa shape index (κ2) is 36.3. The van der Waals surface area contributed by atoms with Gasteiger partial charge in [-0.05, 0) is 89.9 Å². The minimum atomic E-state index is -0.822. The van der Waals surface area contributed by atoms with Gasteiger partial charge in [0.25, 0.3) is 0 Å². The molecular weight excluding hydrogens is 572 g/mol. The number of allylic oxidation sites excluding steroid dienone is 16. The van der Waals surface area contributed by atoms with E-state index in [1.807, 2.05) is 0 Å². The fourth-order valence-electron chi connectivity index (χ4n) is 4.18. The summed E-state index contributed by atoms with van der Waals surface area (Å²) in [6.07, 6.45) is 50.4. The monoisotopic (exact) mass is 636 g/mol. The van der Waals surface area contributed by atoms with Crippen LogP contribution < -0.4 is 0 Å². The Morgan fingerprint density at radius 2 is 0.935 bits per heavy atom. The van der Waals surface area contributed by atoms with E-state index in [4.69, 9.17) is 9.47 Å². The molecule has 0 unspecified atom stereocenters. The molecule has 0 saturated carbocycles. The second-order valence-corrected chi connectivity index (χ2v) is 11.2. The summed E-state index contributed by atoms with van der Waals surface area (Å²) in [5.41, 5.74) is 0. The minimum absolute atomic E-state index is 0.116. The van der Waals surface area contributed by atoms with Crippen molar-refractivity contribution in [2.75, 3.05) is 13.2 Å². The highest BCUT2D eigenvalue weighted by molar-refractivity contribution is 5.70. The third-order valence-corrected chi connectivity index (χ3v) is 6.86. The van der Waals surface area contributed by atoms with E-state index < -0.39 is 6.10 Å². The molecule has 0 aliphatic heterocycles. The zero-order valence-electron chi connectivity index (χ0n) is 29.0. The van der Waals surface area contributed by atoms with Crippen LogP contribution in [0.3, 0.4) is 0 Å². The van der Waals surface area contributed by atoms with Gasteiger partial charge in [0.1, 0.15) is 6.61 Å². The van der Waals surface area contributed by atoms with E-state index >= 15 is 0 Å². The van der Waals surface area contributed by atoms with Crippen molar-refractivity contribution in [2.45, 2.75) is 136 Å². The van der Waals surface area contributed by atoms with E-state index in [1.54, 1.807) is 0 Å². The molecule has 0 bridgehead atoms. The minimum Gasteiger partial charge on any atom is -0.462 e. The summed E-state index contributed by atoms with van der Waals surface area (Å²) in [6, 6.07) is 0. The molecule has 0 spiro atoms. The number of hydrogen-bond donors (Lipinski definition) is 1. The molecule has 0 amide bonds. The van der Waals surface area contributed by atoms with Crippen LogP contribution >= 0.6 is 0 Å². The van der Waals surface area contributed by atoms with E-state index in [9.17, 15) is 14.7 Å². The van der Waals surface area contributed by atoms with Crippen LogP contribution in [0.2, 0.25) is 0 Å². The summed E-state index contributed by atoms with van der Waals surface area (Å²) in [4.78, 5) is 24.1. The molecule has 5 nitrogen and oxygen atoms in total. The van der Waals surface area contributed by atoms with E-state index in [0.717, 1.165) is 70.6 Å². The first-order chi connectivity index (χ1) is 22.6. The normalized spacial score (nSPS) is 13.4. The second-order valence-electron chi connectivity index (χ2n) is 11.2. The maximum absolute atomic E-state index is 12.1. The van der Waals surface area contributed by atoms with Crippen LogP contribution in [0.15, 0.2) is 97.2 Å². The number of carbonyl (C=O) groups excluding carboxylic acids is 2. The highest BCUT2D eigenvalue weighted by atomic mass is 16.6. The Balaban J connectivity index is 3.80. The first-order valence-corrected chi connectivity index (χ1v) is 17.8. The van der Waals surface area contributed by atoms with Crippen molar-refractivity contribution in [1.82, 2.24) is 0 Å². The van der Waals surface area contributed by atoms with Crippen molar-refractivity contribution in [2.24, 2.45) is 0 Å². The highest BCUT2D eigenvalue weighted by Crippen LogP contribution is 2.07. The number of aliphatic hydroxyl groups excluding tert-OH is 1. The van der Waals surface area contributed by atoms with Crippen molar-refractivity contribution in [3.05, 3.63) is 97.2 Å². The molecule has 1 N–H and O–H groups in total. The average Bonchev–Trinajstić information content (AvgIpc) is 3.06. The Kier molecular flexibility index (Phi) is 33.8. The molecule has 258 valence electrons. The molecule has 46 heavy (non-hydrogen) atoms. The highest BCUT2D eigenvalue weighted by Gasteiger charge is 2.15. The molecule has 0 aromatic heterocycles. The van der Waals surface area contributed by atoms with Gasteiger partial charge in [-0.25, -0.2) is 0 Å². The van der Waals surface area contributed by atoms with Crippen molar-refractivity contribution in [1.29, 1.82) is 0 Å². The van der Waals surface area contributed by atoms with Gasteiger partial charge in [-0.1, -0.05) is 124 Å². The summed E-state index contributed by atoms with van der Waals surface area (Å²) in [7, 11) is 0. The lowest BCUT2D eigenvalue weighted by Crippen LogP contribution is -2.28. The van der Waals surface area contributed by atoms with Crippen LogP contribution in [-0.2, 0) is 19.1 Å². The third kappa shape index (κ3) is 33.7. The molecule has 0 fully saturated rings. The number of carbonyl (C=O) groups is 2. The largest absolute Gasteiger partial charge is 0.462 e. The van der Waals surface area contributed by atoms with Crippen LogP contribution in [0.5, 0.6) is 0 Å². The Bertz CT molecular complexity index is 948. The van der Waals surface area contributed by atoms with Gasteiger partial charge in [-0.15, -0.1) is 0 Å². The lowest BCUT2D eigenvalue weighted by molar-refractivity contribution is -0.161. The van der Waals surface area contributed by atoms with Crippen molar-refractivity contribution in [3.8, 4) is 0 Å². The van der Waals surface area contributed by atoms with Gasteiger partial charge in [0.2, 0.25) is 0 Å². The summed E-state index contributed by atoms with van der Waals surface area (Å²) >= 11 is 0. The topological polar surface area (TPSA) is 72.8 Å². The molecule has 0 aliphatic rings. The standard InChI is InChI=1S/C41H64O5/c1-3-5-7-9-11-13-15-17-19-20-22-24-26-28-30-32-34-36-41(44)46-39(37-42)38-45-40(43)35-33-31-29-27-25-23-21-18-16-14-12-10-8-6-4-2/h6,8,11-14,17-19,21-22,24-25,27-28,30,39,42H,3-5,7,9-10,15-16,20,23,26,29,31-38H2,1-2H3/b8-6-,13-11-,14-12-,19-17-,21-18-,24-22-,27-25-,30-28-/t39-/m0/s1. The van der Waals surface area contributed by atoms with Gasteiger partial charge in [0.05, 0.1) is 6.61 Å². The van der Waals surface area contributed by atoms with Crippen LogP contribution in [0.4, 0.5) is 0 Å². The smallest absolute Gasteiger partial charge is 0.306 e. The fourth-order valence-corrected chi connectivity index (χ4v) is 4.18. The van der Waals surface area contributed by atoms with Gasteiger partial charge in [0.15, 0.2) is 6.10 Å². The van der Waals surface area contributed by atoms with E-state index in [-0.39, 0.29) is 31.6 Å². The maximum atomic E-state index is 12.1. The Morgan fingerprint density at radius 1 is 0.522 bits per heavy atom. The lowest BCUT2D eigenvalue weighted by Gasteiger charge is -2.15. The Hall–Kier alpha value is -3.18. The molecule has 0 aromatic carbocycles. The molecule has 5 heteroatoms. The Labute approximate surface area is 281 Å². The van der Waals surface area contributed by atoms with E-state index in [2.05, 4.69) is 111 Å². The molecule has 0 aromatic rings. The van der Waals surface area contributed by atoms with E-state index in [1.165, 1.54) is 25.7 Å². The summed E-state index contributed by atoms with van der Waals surface area (Å²) in [5.74, 6) is -0.718. The van der Waals surface area contributed by atoms with Crippen molar-refractivity contribution in [3.63, 3.8) is 0 Å². The number of esters is 2. The quantitative estimate of drug-likeness (QED) is 0.0482. The third-order valence-electron chi connectivity index (χ3n) is 6.86. The van der Waals surface area contributed by atoms with Gasteiger partial charge in [-0.2, -0.15) is 0 Å². The average molecular weight is 637 g/mol. The van der Waals surface area contributed by atoms with E-state index in [0.29, 0.717) is 12.8 Å². The van der Waals surface area contributed by atoms with Crippen molar-refractivity contribution < 1.29 is 24.2 Å². The van der Waals surface area contributed by atoms with Crippen LogP contribution in [0, 0.1) is 0 Å². The van der Waals surface area contributed by atoms with Gasteiger partial charge in [0, 0.05) is 12.8 Å². The molecule has 0 radical (unpaired) electrons.